The van der Waals surface area contributed by atoms with Crippen LogP contribution in [0.4, 0.5) is 13.2 Å². The van der Waals surface area contributed by atoms with Gasteiger partial charge in [0.25, 0.3) is 5.78 Å². The molecule has 1 N–H and O–H groups in total. The Bertz CT molecular complexity index is 1120. The summed E-state index contributed by atoms with van der Waals surface area (Å²) in [6.45, 7) is 5.48. The molecule has 0 unspecified atom stereocenters. The number of fused-ring (bicyclic) bond motifs is 3. The van der Waals surface area contributed by atoms with Crippen LogP contribution in [-0.4, -0.2) is 21.6 Å². The van der Waals surface area contributed by atoms with Crippen molar-refractivity contribution in [2.24, 2.45) is 7.05 Å². The predicted octanol–water partition coefficient (Wildman–Crippen LogP) is 3.69. The van der Waals surface area contributed by atoms with Gasteiger partial charge in [0.15, 0.2) is 11.1 Å². The minimum Gasteiger partial charge on any atom is -0.506 e. The van der Waals surface area contributed by atoms with Gasteiger partial charge in [-0.15, -0.1) is 0 Å². The number of aryl methyl sites for hydroxylation is 1. The number of hydrogen-bond acceptors (Lipinski definition) is 4. The molecule has 8 heteroatoms. The van der Waals surface area contributed by atoms with E-state index in [1.165, 1.54) is 12.1 Å². The van der Waals surface area contributed by atoms with Crippen molar-refractivity contribution in [3.63, 3.8) is 0 Å². The second kappa shape index (κ2) is 5.23. The largest absolute Gasteiger partial charge is 0.506 e. The monoisotopic (exact) mass is 351 g/mol. The van der Waals surface area contributed by atoms with Crippen LogP contribution in [0.2, 0.25) is 0 Å². The van der Waals surface area contributed by atoms with Gasteiger partial charge in [-0.1, -0.05) is 12.7 Å². The minimum absolute atomic E-state index is 0.0997. The first-order valence-electron chi connectivity index (χ1n) is 7.11. The van der Waals surface area contributed by atoms with Crippen molar-refractivity contribution in [2.45, 2.75) is 13.1 Å². The van der Waals surface area contributed by atoms with Gasteiger partial charge in [-0.05, 0) is 19.1 Å². The lowest BCUT2D eigenvalue weighted by atomic mass is 10.0. The molecule has 0 bridgehead atoms. The van der Waals surface area contributed by atoms with Crippen molar-refractivity contribution in [2.75, 3.05) is 0 Å². The molecule has 3 rings (SSSR count). The fourth-order valence-electron chi connectivity index (χ4n) is 2.91. The highest BCUT2D eigenvalue weighted by Gasteiger charge is 2.43. The molecule has 0 radical (unpaired) electrons. The summed E-state index contributed by atoms with van der Waals surface area (Å²) >= 11 is 0. The van der Waals surface area contributed by atoms with Crippen LogP contribution >= 0.6 is 0 Å². The van der Waals surface area contributed by atoms with Crippen molar-refractivity contribution >= 4 is 33.7 Å². The Morgan fingerprint density at radius 3 is 2.56 bits per heavy atom. The first-order valence-corrected chi connectivity index (χ1v) is 7.11. The molecule has 5 nitrogen and oxygen atoms in total. The number of aromatic nitrogens is 1. The zero-order valence-electron chi connectivity index (χ0n) is 13.2. The lowest BCUT2D eigenvalue weighted by molar-refractivity contribution is -0.0888. The van der Waals surface area contributed by atoms with Crippen molar-refractivity contribution in [1.82, 2.24) is 4.57 Å². The van der Waals surface area contributed by atoms with Gasteiger partial charge in [-0.2, -0.15) is 13.2 Å². The van der Waals surface area contributed by atoms with Crippen LogP contribution in [0.5, 0.6) is 5.75 Å². The summed E-state index contributed by atoms with van der Waals surface area (Å²) in [5.41, 5.74) is -1.03. The molecule has 2 heterocycles. The number of alkyl halides is 3. The van der Waals surface area contributed by atoms with Crippen LogP contribution in [0.3, 0.4) is 0 Å². The van der Waals surface area contributed by atoms with Gasteiger partial charge in [-0.3, -0.25) is 4.79 Å². The number of ketones is 1. The lowest BCUT2D eigenvalue weighted by Crippen LogP contribution is -2.28. The molecule has 0 aliphatic heterocycles. The van der Waals surface area contributed by atoms with Crippen LogP contribution in [0.25, 0.3) is 27.9 Å². The maximum atomic E-state index is 12.7. The van der Waals surface area contributed by atoms with Gasteiger partial charge in [-0.25, -0.2) is 4.79 Å². The van der Waals surface area contributed by atoms with Gasteiger partial charge in [0.2, 0.25) is 0 Å². The molecule has 0 spiro atoms. The molecule has 0 amide bonds. The first-order chi connectivity index (χ1) is 11.6. The van der Waals surface area contributed by atoms with Crippen molar-refractivity contribution < 1.29 is 27.5 Å². The molecule has 0 fully saturated rings. The number of Topliss-reactive ketones (excluding diaryl/α,β-unsaturated/α-hetero) is 1. The maximum absolute atomic E-state index is 12.7. The lowest BCUT2D eigenvalue weighted by Gasteiger charge is -2.09. The summed E-state index contributed by atoms with van der Waals surface area (Å²) < 4.78 is 44.8. The van der Waals surface area contributed by atoms with E-state index in [0.29, 0.717) is 16.5 Å². The highest BCUT2D eigenvalue weighted by molar-refractivity contribution is 6.13. The number of carbonyl (C=O) groups is 1. The van der Waals surface area contributed by atoms with Crippen LogP contribution in [0.1, 0.15) is 21.6 Å². The molecule has 0 aliphatic rings. The average Bonchev–Trinajstić information content (AvgIpc) is 2.78. The number of aromatic hydroxyl groups is 1. The van der Waals surface area contributed by atoms with E-state index in [0.717, 1.165) is 5.69 Å². The molecule has 0 atom stereocenters. The summed E-state index contributed by atoms with van der Waals surface area (Å²) in [4.78, 5) is 23.4. The third-order valence-corrected chi connectivity index (χ3v) is 4.24. The van der Waals surface area contributed by atoms with Crippen LogP contribution < -0.4 is 5.63 Å². The van der Waals surface area contributed by atoms with E-state index >= 15 is 0 Å². The van der Waals surface area contributed by atoms with Gasteiger partial charge >= 0.3 is 11.8 Å². The van der Waals surface area contributed by atoms with Gasteiger partial charge in [0, 0.05) is 18.3 Å². The molecule has 0 saturated heterocycles. The fourth-order valence-corrected chi connectivity index (χ4v) is 2.91. The maximum Gasteiger partial charge on any atom is 0.455 e. The van der Waals surface area contributed by atoms with Crippen LogP contribution in [0.15, 0.2) is 27.9 Å². The van der Waals surface area contributed by atoms with Gasteiger partial charge < -0.3 is 14.1 Å². The third-order valence-electron chi connectivity index (χ3n) is 4.24. The van der Waals surface area contributed by atoms with E-state index in [1.54, 1.807) is 24.6 Å². The minimum atomic E-state index is -5.31. The molecule has 0 aliphatic carbocycles. The van der Waals surface area contributed by atoms with E-state index in [4.69, 9.17) is 4.42 Å². The van der Waals surface area contributed by atoms with Crippen LogP contribution in [0, 0.1) is 6.92 Å². The Morgan fingerprint density at radius 2 is 2.00 bits per heavy atom. The molecule has 25 heavy (non-hydrogen) atoms. The zero-order valence-corrected chi connectivity index (χ0v) is 13.2. The Kier molecular flexibility index (Phi) is 3.52. The second-order valence-electron chi connectivity index (χ2n) is 5.54. The van der Waals surface area contributed by atoms with Crippen molar-refractivity contribution in [3.8, 4) is 5.75 Å². The fraction of sp³-hybridized carbons (Fsp3) is 0.176. The highest BCUT2D eigenvalue weighted by atomic mass is 19.4. The third kappa shape index (κ3) is 2.25. The van der Waals surface area contributed by atoms with E-state index in [-0.39, 0.29) is 11.0 Å². The summed E-state index contributed by atoms with van der Waals surface area (Å²) in [5.74, 6) is -3.50. The number of nitrogens with zero attached hydrogens (tertiary/aromatic N) is 1. The molecular formula is C17H12F3NO4. The summed E-state index contributed by atoms with van der Waals surface area (Å²) in [6, 6.07) is 2.86. The normalized spacial score (nSPS) is 12.0. The van der Waals surface area contributed by atoms with E-state index < -0.39 is 28.9 Å². The van der Waals surface area contributed by atoms with Crippen molar-refractivity contribution in [3.05, 3.63) is 46.0 Å². The number of halogens is 3. The summed E-state index contributed by atoms with van der Waals surface area (Å²) in [5, 5.41) is 10.4. The molecule has 3 aromatic rings. The topological polar surface area (TPSA) is 72.4 Å². The van der Waals surface area contributed by atoms with Gasteiger partial charge in [0.1, 0.15) is 5.75 Å². The van der Waals surface area contributed by atoms with E-state index in [1.807, 2.05) is 0 Å². The first kappa shape index (κ1) is 16.8. The standard InChI is InChI=1S/C17H12F3NO4/c1-4-8-7(2)21(3)10-6-5-9-13(22)12(15(23)17(18,19)20)16(24)25-14(9)11(8)10/h4-6,22H,1H2,2-3H3. The zero-order chi connectivity index (χ0) is 18.7. The average molecular weight is 351 g/mol. The number of hydrogen-bond donors (Lipinski definition) is 1. The number of rotatable bonds is 2. The van der Waals surface area contributed by atoms with E-state index in [2.05, 4.69) is 6.58 Å². The van der Waals surface area contributed by atoms with E-state index in [9.17, 15) is 27.9 Å². The Labute approximate surface area is 138 Å². The van der Waals surface area contributed by atoms with Gasteiger partial charge in [0.05, 0.1) is 16.3 Å². The molecule has 0 saturated carbocycles. The second-order valence-corrected chi connectivity index (χ2v) is 5.54. The number of benzene rings is 1. The smallest absolute Gasteiger partial charge is 0.455 e. The Morgan fingerprint density at radius 1 is 1.36 bits per heavy atom. The molecule has 2 aromatic heterocycles. The Hall–Kier alpha value is -3.03. The predicted molar refractivity (Wildman–Crippen MR) is 85.8 cm³/mol. The quantitative estimate of drug-likeness (QED) is 0.565. The molecule has 130 valence electrons. The molecular weight excluding hydrogens is 339 g/mol. The Balaban J connectivity index is 2.52. The van der Waals surface area contributed by atoms with Crippen molar-refractivity contribution in [1.29, 1.82) is 0 Å². The summed E-state index contributed by atoms with van der Waals surface area (Å²) in [7, 11) is 1.76. The number of carbonyl (C=O) groups excluding carboxylic acids is 1. The summed E-state index contributed by atoms with van der Waals surface area (Å²) in [6.07, 6.45) is -3.79. The highest BCUT2D eigenvalue weighted by Crippen LogP contribution is 2.37. The molecule has 1 aromatic carbocycles. The van der Waals surface area contributed by atoms with Crippen LogP contribution in [-0.2, 0) is 7.05 Å². The SMILES string of the molecule is C=Cc1c(C)n(C)c2ccc3c(O)c(C(=O)C(F)(F)F)c(=O)oc3c12.